The Labute approximate surface area is 249 Å². The van der Waals surface area contributed by atoms with E-state index in [1.165, 1.54) is 45.5 Å². The number of hydrogen-bond donors (Lipinski definition) is 0. The van der Waals surface area contributed by atoms with Gasteiger partial charge in [-0.05, 0) is 70.5 Å². The van der Waals surface area contributed by atoms with E-state index in [0.717, 1.165) is 37.6 Å². The van der Waals surface area contributed by atoms with E-state index in [9.17, 15) is 0 Å². The van der Waals surface area contributed by atoms with Gasteiger partial charge in [0.2, 0.25) is 0 Å². The van der Waals surface area contributed by atoms with Gasteiger partial charge in [-0.2, -0.15) is 0 Å². The van der Waals surface area contributed by atoms with Crippen molar-refractivity contribution in [2.24, 2.45) is 0 Å². The highest BCUT2D eigenvalue weighted by Crippen LogP contribution is 2.56. The Balaban J connectivity index is 1.48. The quantitative estimate of drug-likeness (QED) is 0.108. The maximum atomic E-state index is 6.19. The van der Waals surface area contributed by atoms with Crippen LogP contribution in [0.4, 0.5) is 0 Å². The van der Waals surface area contributed by atoms with Crippen LogP contribution in [0, 0.1) is 0 Å². The molecular weight excluding hydrogens is 533 g/mol. The second-order valence-electron chi connectivity index (χ2n) is 13.9. The van der Waals surface area contributed by atoms with Gasteiger partial charge in [-0.3, -0.25) is 0 Å². The van der Waals surface area contributed by atoms with Crippen LogP contribution in [0.25, 0.3) is 11.1 Å². The smallest absolute Gasteiger partial charge is 0.119 e. The summed E-state index contributed by atoms with van der Waals surface area (Å²) in [6.45, 7) is 16.1. The first-order chi connectivity index (χ1) is 19.6. The summed E-state index contributed by atoms with van der Waals surface area (Å²) < 4.78 is 12.4. The lowest BCUT2D eigenvalue weighted by molar-refractivity contribution is 0.316. The number of hydrogen-bond acceptors (Lipinski definition) is 2. The van der Waals surface area contributed by atoms with E-state index in [-0.39, 0.29) is 0 Å². The Hall–Kier alpha value is -3.09. The number of rotatable bonds is 12. The normalized spacial score (nSPS) is 13.9. The molecule has 4 aromatic rings. The molecule has 214 valence electrons. The van der Waals surface area contributed by atoms with Crippen molar-refractivity contribution in [2.45, 2.75) is 69.6 Å². The van der Waals surface area contributed by atoms with E-state index < -0.39 is 21.6 Å². The lowest BCUT2D eigenvalue weighted by Crippen LogP contribution is -2.28. The monoisotopic (exact) mass is 578 g/mol. The SMILES string of the molecule is C[Si](C)(C)CCCOc1ccc(C2(c3ccc(OCCC[Si](C)(C)C)cc3)c3ccccc3-c3ccccc32)cc1. The van der Waals surface area contributed by atoms with Gasteiger partial charge in [-0.15, -0.1) is 0 Å². The summed E-state index contributed by atoms with van der Waals surface area (Å²) in [5.74, 6) is 1.89. The molecule has 4 aromatic carbocycles. The summed E-state index contributed by atoms with van der Waals surface area (Å²) in [4.78, 5) is 0. The predicted octanol–water partition coefficient (Wildman–Crippen LogP) is 10.3. The summed E-state index contributed by atoms with van der Waals surface area (Å²) in [6, 6.07) is 38.1. The van der Waals surface area contributed by atoms with Gasteiger partial charge >= 0.3 is 0 Å². The summed E-state index contributed by atoms with van der Waals surface area (Å²) in [5.41, 5.74) is 7.38. The average molecular weight is 579 g/mol. The Morgan fingerprint density at radius 1 is 0.488 bits per heavy atom. The molecule has 0 amide bonds. The van der Waals surface area contributed by atoms with Crippen LogP contribution < -0.4 is 9.47 Å². The summed E-state index contributed by atoms with van der Waals surface area (Å²) in [6.07, 6.45) is 2.24. The van der Waals surface area contributed by atoms with Crippen LogP contribution in [-0.2, 0) is 5.41 Å². The third kappa shape index (κ3) is 6.55. The molecule has 0 unspecified atom stereocenters. The van der Waals surface area contributed by atoms with Gasteiger partial charge in [0.1, 0.15) is 11.5 Å². The molecule has 0 aromatic heterocycles. The van der Waals surface area contributed by atoms with Crippen molar-refractivity contribution in [2.75, 3.05) is 13.2 Å². The van der Waals surface area contributed by atoms with E-state index in [0.29, 0.717) is 0 Å². The third-order valence-electron chi connectivity index (χ3n) is 8.21. The van der Waals surface area contributed by atoms with Crippen molar-refractivity contribution >= 4 is 16.1 Å². The largest absolute Gasteiger partial charge is 0.494 e. The minimum absolute atomic E-state index is 0.403. The maximum Gasteiger partial charge on any atom is 0.119 e. The van der Waals surface area contributed by atoms with Gasteiger partial charge in [0.05, 0.1) is 18.6 Å². The van der Waals surface area contributed by atoms with Crippen molar-refractivity contribution in [3.63, 3.8) is 0 Å². The van der Waals surface area contributed by atoms with Gasteiger partial charge < -0.3 is 9.47 Å². The fourth-order valence-corrected chi connectivity index (χ4v) is 8.62. The van der Waals surface area contributed by atoms with Crippen LogP contribution in [0.2, 0.25) is 51.4 Å². The van der Waals surface area contributed by atoms with E-state index in [4.69, 9.17) is 9.47 Å². The van der Waals surface area contributed by atoms with Crippen LogP contribution in [0.5, 0.6) is 11.5 Å². The lowest BCUT2D eigenvalue weighted by atomic mass is 9.68. The summed E-state index contributed by atoms with van der Waals surface area (Å²) in [7, 11) is -2.09. The molecule has 2 nitrogen and oxygen atoms in total. The first-order valence-electron chi connectivity index (χ1n) is 15.2. The number of ether oxygens (including phenoxy) is 2. The van der Waals surface area contributed by atoms with Crippen molar-refractivity contribution in [3.05, 3.63) is 119 Å². The molecular formula is C37H46O2Si2. The second-order valence-corrected chi connectivity index (χ2v) is 25.2. The highest BCUT2D eigenvalue weighted by Gasteiger charge is 2.45. The van der Waals surface area contributed by atoms with Crippen LogP contribution in [0.3, 0.4) is 0 Å². The van der Waals surface area contributed by atoms with Gasteiger partial charge in [0, 0.05) is 16.1 Å². The molecule has 0 N–H and O–H groups in total. The van der Waals surface area contributed by atoms with E-state index >= 15 is 0 Å². The molecule has 0 heterocycles. The number of benzene rings is 4. The Kier molecular flexibility index (Phi) is 8.63. The van der Waals surface area contributed by atoms with Crippen molar-refractivity contribution in [1.82, 2.24) is 0 Å². The van der Waals surface area contributed by atoms with Crippen molar-refractivity contribution < 1.29 is 9.47 Å². The van der Waals surface area contributed by atoms with Crippen LogP contribution in [-0.4, -0.2) is 29.4 Å². The molecule has 5 rings (SSSR count). The summed E-state index contributed by atoms with van der Waals surface area (Å²) >= 11 is 0. The molecule has 0 bridgehead atoms. The molecule has 0 radical (unpaired) electrons. The number of fused-ring (bicyclic) bond motifs is 3. The Morgan fingerprint density at radius 3 is 1.22 bits per heavy atom. The van der Waals surface area contributed by atoms with E-state index in [2.05, 4.69) is 136 Å². The fourth-order valence-electron chi connectivity index (χ4n) is 6.21. The molecule has 4 heteroatoms. The minimum Gasteiger partial charge on any atom is -0.494 e. The maximum absolute atomic E-state index is 6.19. The first kappa shape index (κ1) is 29.4. The first-order valence-corrected chi connectivity index (χ1v) is 22.7. The molecule has 41 heavy (non-hydrogen) atoms. The zero-order chi connectivity index (χ0) is 29.1. The molecule has 0 saturated carbocycles. The van der Waals surface area contributed by atoms with Gasteiger partial charge in [-0.25, -0.2) is 0 Å². The average Bonchev–Trinajstić information content (AvgIpc) is 3.24. The fraction of sp³-hybridized carbons (Fsp3) is 0.351. The molecule has 0 saturated heterocycles. The zero-order valence-corrected chi connectivity index (χ0v) is 27.8. The summed E-state index contributed by atoms with van der Waals surface area (Å²) in [5, 5.41) is 0. The minimum atomic E-state index is -1.05. The Bertz CT molecular complexity index is 1330. The topological polar surface area (TPSA) is 18.5 Å². The molecule has 1 aliphatic carbocycles. The third-order valence-corrected chi connectivity index (χ3v) is 11.9. The van der Waals surface area contributed by atoms with Crippen LogP contribution in [0.15, 0.2) is 97.1 Å². The van der Waals surface area contributed by atoms with Crippen molar-refractivity contribution in [3.8, 4) is 22.6 Å². The van der Waals surface area contributed by atoms with E-state index in [1.54, 1.807) is 0 Å². The second kappa shape index (κ2) is 12.0. The van der Waals surface area contributed by atoms with Crippen molar-refractivity contribution in [1.29, 1.82) is 0 Å². The zero-order valence-electron chi connectivity index (χ0n) is 25.8. The molecule has 0 spiro atoms. The lowest BCUT2D eigenvalue weighted by Gasteiger charge is -2.34. The van der Waals surface area contributed by atoms with Gasteiger partial charge in [0.15, 0.2) is 0 Å². The van der Waals surface area contributed by atoms with Gasteiger partial charge in [-0.1, -0.05) is 124 Å². The predicted molar refractivity (Wildman–Crippen MR) is 180 cm³/mol. The highest BCUT2D eigenvalue weighted by atomic mass is 28.3. The van der Waals surface area contributed by atoms with Crippen LogP contribution >= 0.6 is 0 Å². The highest BCUT2D eigenvalue weighted by molar-refractivity contribution is 6.76. The van der Waals surface area contributed by atoms with Crippen LogP contribution in [0.1, 0.15) is 35.1 Å². The molecule has 1 aliphatic rings. The molecule has 0 fully saturated rings. The Morgan fingerprint density at radius 2 is 0.854 bits per heavy atom. The van der Waals surface area contributed by atoms with Gasteiger partial charge in [0.25, 0.3) is 0 Å². The van der Waals surface area contributed by atoms with E-state index in [1.807, 2.05) is 0 Å². The molecule has 0 atom stereocenters. The molecule has 0 aliphatic heterocycles. The standard InChI is InChI=1S/C37H46O2Si2/c1-40(2,3)27-11-25-38-31-21-17-29(18-22-31)37(30-19-23-32(24-20-30)39-26-12-28-41(4,5)6)35-15-9-7-13-33(35)34-14-8-10-16-36(34)37/h7-10,13-24H,11-12,25-28H2,1-6H3.